The summed E-state index contributed by atoms with van der Waals surface area (Å²) in [6, 6.07) is 15.3. The van der Waals surface area contributed by atoms with Crippen molar-refractivity contribution in [3.8, 4) is 5.75 Å². The number of rotatable bonds is 9. The Morgan fingerprint density at radius 2 is 1.92 bits per heavy atom. The Labute approximate surface area is 155 Å². The normalized spacial score (nSPS) is 12.6. The van der Waals surface area contributed by atoms with Gasteiger partial charge in [0.1, 0.15) is 5.75 Å². The molecular weight excluding hydrogens is 328 g/mol. The van der Waals surface area contributed by atoms with Crippen LogP contribution >= 0.6 is 0 Å². The van der Waals surface area contributed by atoms with Gasteiger partial charge in [-0.05, 0) is 49.9 Å². The lowest BCUT2D eigenvalue weighted by Gasteiger charge is -2.28. The van der Waals surface area contributed by atoms with Crippen LogP contribution in [0.5, 0.6) is 5.75 Å². The number of amides is 1. The standard InChI is InChI=1S/C21H28N2O3/c1-21(2,12-11-15-7-5-4-6-8-15)23-14-18(24)16-9-10-17(20(22)25)19(13-16)26-3/h4-10,13,18,23-24H,11-12,14H2,1-3H3,(H2,22,25). The maximum absolute atomic E-state index is 11.4. The van der Waals surface area contributed by atoms with Gasteiger partial charge in [0.25, 0.3) is 5.91 Å². The molecule has 0 radical (unpaired) electrons. The number of primary amides is 1. The maximum Gasteiger partial charge on any atom is 0.252 e. The maximum atomic E-state index is 11.4. The van der Waals surface area contributed by atoms with Crippen LogP contribution in [0.2, 0.25) is 0 Å². The molecule has 0 fully saturated rings. The Morgan fingerprint density at radius 3 is 2.54 bits per heavy atom. The summed E-state index contributed by atoms with van der Waals surface area (Å²) in [5, 5.41) is 13.9. The summed E-state index contributed by atoms with van der Waals surface area (Å²) >= 11 is 0. The first kappa shape index (κ1) is 19.9. The fraction of sp³-hybridized carbons (Fsp3) is 0.381. The Kier molecular flexibility index (Phi) is 6.77. The number of nitrogens with one attached hydrogen (secondary N) is 1. The van der Waals surface area contributed by atoms with E-state index in [0.717, 1.165) is 12.8 Å². The molecule has 0 bridgehead atoms. The second-order valence-electron chi connectivity index (χ2n) is 7.09. The highest BCUT2D eigenvalue weighted by Gasteiger charge is 2.20. The van der Waals surface area contributed by atoms with E-state index < -0.39 is 12.0 Å². The van der Waals surface area contributed by atoms with Crippen LogP contribution < -0.4 is 15.8 Å². The number of carbonyl (C=O) groups is 1. The largest absolute Gasteiger partial charge is 0.496 e. The molecule has 0 heterocycles. The summed E-state index contributed by atoms with van der Waals surface area (Å²) in [4.78, 5) is 11.4. The second kappa shape index (κ2) is 8.83. The Hall–Kier alpha value is -2.37. The van der Waals surface area contributed by atoms with Gasteiger partial charge in [-0.1, -0.05) is 36.4 Å². The van der Waals surface area contributed by atoms with Crippen molar-refractivity contribution in [3.05, 3.63) is 65.2 Å². The van der Waals surface area contributed by atoms with Crippen molar-refractivity contribution in [2.45, 2.75) is 38.3 Å². The number of aliphatic hydroxyl groups is 1. The number of β-amino-alcohol motifs (C(OH)–C–C–N with tert-alkyl or cyclic N) is 1. The Morgan fingerprint density at radius 1 is 1.23 bits per heavy atom. The van der Waals surface area contributed by atoms with Crippen molar-refractivity contribution in [1.29, 1.82) is 0 Å². The van der Waals surface area contributed by atoms with Gasteiger partial charge in [0.15, 0.2) is 0 Å². The zero-order chi connectivity index (χ0) is 19.2. The van der Waals surface area contributed by atoms with E-state index in [0.29, 0.717) is 23.4 Å². The lowest BCUT2D eigenvalue weighted by molar-refractivity contribution is 0.0997. The molecule has 26 heavy (non-hydrogen) atoms. The fourth-order valence-electron chi connectivity index (χ4n) is 2.80. The molecule has 5 nitrogen and oxygen atoms in total. The van der Waals surface area contributed by atoms with E-state index >= 15 is 0 Å². The zero-order valence-electron chi connectivity index (χ0n) is 15.7. The molecule has 0 aromatic heterocycles. The van der Waals surface area contributed by atoms with Gasteiger partial charge in [-0.15, -0.1) is 0 Å². The molecular formula is C21H28N2O3. The minimum absolute atomic E-state index is 0.117. The average Bonchev–Trinajstić information content (AvgIpc) is 2.64. The van der Waals surface area contributed by atoms with Crippen LogP contribution in [-0.4, -0.2) is 30.2 Å². The van der Waals surface area contributed by atoms with Crippen LogP contribution in [-0.2, 0) is 6.42 Å². The third-order valence-corrected chi connectivity index (χ3v) is 4.53. The molecule has 0 saturated heterocycles. The molecule has 1 amide bonds. The number of hydrogen-bond acceptors (Lipinski definition) is 4. The molecule has 5 heteroatoms. The van der Waals surface area contributed by atoms with Crippen molar-refractivity contribution in [2.24, 2.45) is 5.73 Å². The van der Waals surface area contributed by atoms with E-state index in [4.69, 9.17) is 10.5 Å². The van der Waals surface area contributed by atoms with Crippen LogP contribution in [0.25, 0.3) is 0 Å². The minimum Gasteiger partial charge on any atom is -0.496 e. The van der Waals surface area contributed by atoms with E-state index in [1.807, 2.05) is 18.2 Å². The molecule has 0 aliphatic rings. The highest BCUT2D eigenvalue weighted by atomic mass is 16.5. The van der Waals surface area contributed by atoms with E-state index in [9.17, 15) is 9.90 Å². The van der Waals surface area contributed by atoms with E-state index in [1.165, 1.54) is 12.7 Å². The first-order valence-corrected chi connectivity index (χ1v) is 8.77. The number of ether oxygens (including phenoxy) is 1. The highest BCUT2D eigenvalue weighted by Crippen LogP contribution is 2.24. The average molecular weight is 356 g/mol. The molecule has 2 rings (SSSR count). The SMILES string of the molecule is COc1cc(C(O)CNC(C)(C)CCc2ccccc2)ccc1C(N)=O. The van der Waals surface area contributed by atoms with Gasteiger partial charge >= 0.3 is 0 Å². The monoisotopic (exact) mass is 356 g/mol. The van der Waals surface area contributed by atoms with Crippen LogP contribution in [0, 0.1) is 0 Å². The lowest BCUT2D eigenvalue weighted by Crippen LogP contribution is -2.42. The van der Waals surface area contributed by atoms with Gasteiger partial charge in [0.2, 0.25) is 0 Å². The number of aliphatic hydroxyl groups excluding tert-OH is 1. The number of carbonyl (C=O) groups excluding carboxylic acids is 1. The van der Waals surface area contributed by atoms with Gasteiger partial charge in [0, 0.05) is 12.1 Å². The molecule has 140 valence electrons. The van der Waals surface area contributed by atoms with Crippen LogP contribution in [0.1, 0.15) is 47.9 Å². The summed E-state index contributed by atoms with van der Waals surface area (Å²) in [5.41, 5.74) is 7.49. The number of benzene rings is 2. The van der Waals surface area contributed by atoms with Crippen molar-refractivity contribution in [2.75, 3.05) is 13.7 Å². The third-order valence-electron chi connectivity index (χ3n) is 4.53. The molecule has 1 unspecified atom stereocenters. The van der Waals surface area contributed by atoms with Gasteiger partial charge in [-0.25, -0.2) is 0 Å². The van der Waals surface area contributed by atoms with E-state index in [1.54, 1.807) is 18.2 Å². The summed E-state index contributed by atoms with van der Waals surface area (Å²) < 4.78 is 5.20. The summed E-state index contributed by atoms with van der Waals surface area (Å²) in [6.07, 6.45) is 1.22. The van der Waals surface area contributed by atoms with Crippen LogP contribution in [0.4, 0.5) is 0 Å². The zero-order valence-corrected chi connectivity index (χ0v) is 15.7. The van der Waals surface area contributed by atoms with E-state index in [2.05, 4.69) is 31.3 Å². The van der Waals surface area contributed by atoms with E-state index in [-0.39, 0.29) is 5.54 Å². The first-order valence-electron chi connectivity index (χ1n) is 8.77. The molecule has 0 spiro atoms. The first-order chi connectivity index (χ1) is 12.3. The number of nitrogens with two attached hydrogens (primary N) is 1. The topological polar surface area (TPSA) is 84.6 Å². The van der Waals surface area contributed by atoms with Crippen molar-refractivity contribution < 1.29 is 14.6 Å². The molecule has 2 aromatic rings. The lowest BCUT2D eigenvalue weighted by atomic mass is 9.94. The molecule has 1 atom stereocenters. The van der Waals surface area contributed by atoms with Gasteiger partial charge < -0.3 is 20.9 Å². The van der Waals surface area contributed by atoms with Crippen LogP contribution in [0.3, 0.4) is 0 Å². The summed E-state index contributed by atoms with van der Waals surface area (Å²) in [6.45, 7) is 4.65. The van der Waals surface area contributed by atoms with Gasteiger partial charge in [-0.2, -0.15) is 0 Å². The molecule has 0 saturated carbocycles. The minimum atomic E-state index is -0.707. The number of aryl methyl sites for hydroxylation is 1. The molecule has 0 aliphatic carbocycles. The number of methoxy groups -OCH3 is 1. The Balaban J connectivity index is 1.94. The van der Waals surface area contributed by atoms with Crippen molar-refractivity contribution >= 4 is 5.91 Å². The van der Waals surface area contributed by atoms with Crippen molar-refractivity contribution in [3.63, 3.8) is 0 Å². The fourth-order valence-corrected chi connectivity index (χ4v) is 2.80. The third kappa shape index (κ3) is 5.58. The highest BCUT2D eigenvalue weighted by molar-refractivity contribution is 5.95. The number of hydrogen-bond donors (Lipinski definition) is 3. The quantitative estimate of drug-likeness (QED) is 0.645. The molecule has 4 N–H and O–H groups in total. The second-order valence-corrected chi connectivity index (χ2v) is 7.09. The predicted octanol–water partition coefficient (Wildman–Crippen LogP) is 2.83. The van der Waals surface area contributed by atoms with Gasteiger partial charge in [0.05, 0.1) is 18.8 Å². The summed E-state index contributed by atoms with van der Waals surface area (Å²) in [7, 11) is 1.48. The molecule has 2 aromatic carbocycles. The summed E-state index contributed by atoms with van der Waals surface area (Å²) in [5.74, 6) is -0.180. The predicted molar refractivity (Wildman–Crippen MR) is 103 cm³/mol. The Bertz CT molecular complexity index is 729. The van der Waals surface area contributed by atoms with Gasteiger partial charge in [-0.3, -0.25) is 4.79 Å². The van der Waals surface area contributed by atoms with Crippen LogP contribution in [0.15, 0.2) is 48.5 Å². The molecule has 0 aliphatic heterocycles. The smallest absolute Gasteiger partial charge is 0.252 e. The van der Waals surface area contributed by atoms with Crippen molar-refractivity contribution in [1.82, 2.24) is 5.32 Å².